The number of carbonyl (C=O) groups excluding carboxylic acids is 1. The maximum absolute atomic E-state index is 11.0. The van der Waals surface area contributed by atoms with Crippen molar-refractivity contribution in [2.75, 3.05) is 19.6 Å². The molecule has 1 spiro atoms. The van der Waals surface area contributed by atoms with Crippen LogP contribution >= 0.6 is 0 Å². The van der Waals surface area contributed by atoms with Crippen molar-refractivity contribution in [3.63, 3.8) is 0 Å². The number of rotatable bonds is 0. The molecule has 2 fully saturated rings. The van der Waals surface area contributed by atoms with E-state index in [1.54, 1.807) is 0 Å². The van der Waals surface area contributed by atoms with Crippen molar-refractivity contribution in [1.82, 2.24) is 15.5 Å². The minimum Gasteiger partial charge on any atom is -0.465 e. The molecule has 14 heavy (non-hydrogen) atoms. The summed E-state index contributed by atoms with van der Waals surface area (Å²) in [6, 6.07) is -0.145. The molecular formula is C8H13N3O3. The van der Waals surface area contributed by atoms with Gasteiger partial charge < -0.3 is 20.6 Å². The van der Waals surface area contributed by atoms with Gasteiger partial charge in [0.2, 0.25) is 0 Å². The highest BCUT2D eigenvalue weighted by atomic mass is 16.4. The molecule has 0 bridgehead atoms. The third-order valence-corrected chi connectivity index (χ3v) is 2.96. The normalized spacial score (nSPS) is 24.6. The number of urea groups is 1. The summed E-state index contributed by atoms with van der Waals surface area (Å²) in [5.74, 6) is 0. The molecule has 0 radical (unpaired) electrons. The molecule has 2 aliphatic rings. The summed E-state index contributed by atoms with van der Waals surface area (Å²) in [5, 5.41) is 14.3. The van der Waals surface area contributed by atoms with Gasteiger partial charge in [-0.25, -0.2) is 9.59 Å². The van der Waals surface area contributed by atoms with Crippen LogP contribution in [0.1, 0.15) is 12.8 Å². The van der Waals surface area contributed by atoms with Crippen LogP contribution in [0.5, 0.6) is 0 Å². The summed E-state index contributed by atoms with van der Waals surface area (Å²) in [7, 11) is 0. The van der Waals surface area contributed by atoms with Crippen molar-refractivity contribution in [1.29, 1.82) is 0 Å². The lowest BCUT2D eigenvalue weighted by atomic mass is 9.89. The van der Waals surface area contributed by atoms with Gasteiger partial charge in [-0.05, 0) is 12.8 Å². The average Bonchev–Trinajstić information content (AvgIpc) is 2.48. The lowest BCUT2D eigenvalue weighted by Gasteiger charge is -2.36. The summed E-state index contributed by atoms with van der Waals surface area (Å²) in [5.41, 5.74) is -0.205. The molecule has 2 saturated heterocycles. The molecule has 0 atom stereocenters. The van der Waals surface area contributed by atoms with Gasteiger partial charge >= 0.3 is 12.1 Å². The van der Waals surface area contributed by atoms with Crippen LogP contribution in [-0.4, -0.2) is 47.3 Å². The maximum atomic E-state index is 11.0. The van der Waals surface area contributed by atoms with Gasteiger partial charge in [0.15, 0.2) is 0 Å². The van der Waals surface area contributed by atoms with Crippen molar-refractivity contribution in [2.24, 2.45) is 0 Å². The van der Waals surface area contributed by atoms with Crippen LogP contribution in [0, 0.1) is 0 Å². The molecule has 0 unspecified atom stereocenters. The quantitative estimate of drug-likeness (QED) is 0.506. The topological polar surface area (TPSA) is 81.7 Å². The Balaban J connectivity index is 1.95. The second kappa shape index (κ2) is 3.04. The van der Waals surface area contributed by atoms with Gasteiger partial charge in [0.25, 0.3) is 0 Å². The molecule has 6 heteroatoms. The number of hydrogen-bond donors (Lipinski definition) is 3. The van der Waals surface area contributed by atoms with Gasteiger partial charge in [0.1, 0.15) is 0 Å². The highest BCUT2D eigenvalue weighted by Gasteiger charge is 2.40. The zero-order valence-electron chi connectivity index (χ0n) is 7.75. The Bertz CT molecular complexity index is 271. The second-order valence-electron chi connectivity index (χ2n) is 3.86. The van der Waals surface area contributed by atoms with E-state index < -0.39 is 6.09 Å². The molecule has 6 nitrogen and oxygen atoms in total. The van der Waals surface area contributed by atoms with E-state index in [1.165, 1.54) is 4.90 Å². The van der Waals surface area contributed by atoms with E-state index >= 15 is 0 Å². The second-order valence-corrected chi connectivity index (χ2v) is 3.86. The minimum absolute atomic E-state index is 0.145. The highest BCUT2D eigenvalue weighted by molar-refractivity contribution is 5.77. The van der Waals surface area contributed by atoms with E-state index in [2.05, 4.69) is 10.6 Å². The molecule has 2 aliphatic heterocycles. The fourth-order valence-electron chi connectivity index (χ4n) is 2.01. The first-order valence-electron chi connectivity index (χ1n) is 4.65. The number of nitrogens with one attached hydrogen (secondary N) is 2. The lowest BCUT2D eigenvalue weighted by Crippen LogP contribution is -2.53. The Labute approximate surface area is 81.3 Å². The third kappa shape index (κ3) is 1.47. The number of carboxylic acid groups (broad SMARTS) is 1. The molecule has 2 heterocycles. The molecule has 0 saturated carbocycles. The van der Waals surface area contributed by atoms with Crippen molar-refractivity contribution >= 4 is 12.1 Å². The van der Waals surface area contributed by atoms with E-state index in [1.807, 2.05) is 0 Å². The Kier molecular flexibility index (Phi) is 1.98. The van der Waals surface area contributed by atoms with Gasteiger partial charge in [-0.1, -0.05) is 0 Å². The number of nitrogens with zero attached hydrogens (tertiary/aromatic N) is 1. The molecule has 0 aliphatic carbocycles. The van der Waals surface area contributed by atoms with Crippen LogP contribution < -0.4 is 10.6 Å². The smallest absolute Gasteiger partial charge is 0.407 e. The van der Waals surface area contributed by atoms with Gasteiger partial charge in [-0.15, -0.1) is 0 Å². The van der Waals surface area contributed by atoms with Crippen LogP contribution in [0.4, 0.5) is 9.59 Å². The average molecular weight is 199 g/mol. The monoisotopic (exact) mass is 199 g/mol. The zero-order valence-corrected chi connectivity index (χ0v) is 7.75. The van der Waals surface area contributed by atoms with Crippen molar-refractivity contribution in [3.8, 4) is 0 Å². The predicted molar refractivity (Wildman–Crippen MR) is 48.1 cm³/mol. The zero-order chi connectivity index (χ0) is 10.2. The number of hydrogen-bond acceptors (Lipinski definition) is 2. The van der Waals surface area contributed by atoms with Gasteiger partial charge in [-0.2, -0.15) is 0 Å². The molecule has 3 N–H and O–H groups in total. The standard InChI is InChI=1S/C8H13N3O3/c12-6-9-5-8(10-6)1-3-11(4-2-8)7(13)14/h1-5H2,(H,13,14)(H2,9,10,12). The highest BCUT2D eigenvalue weighted by Crippen LogP contribution is 2.24. The first kappa shape index (κ1) is 9.11. The van der Waals surface area contributed by atoms with Gasteiger partial charge in [0.05, 0.1) is 5.54 Å². The first-order valence-corrected chi connectivity index (χ1v) is 4.65. The third-order valence-electron chi connectivity index (χ3n) is 2.96. The molecule has 3 amide bonds. The summed E-state index contributed by atoms with van der Waals surface area (Å²) in [6.07, 6.45) is 0.507. The molecule has 2 rings (SSSR count). The maximum Gasteiger partial charge on any atom is 0.407 e. The van der Waals surface area contributed by atoms with Crippen molar-refractivity contribution in [2.45, 2.75) is 18.4 Å². The fourth-order valence-corrected chi connectivity index (χ4v) is 2.01. The van der Waals surface area contributed by atoms with E-state index in [0.717, 1.165) is 0 Å². The van der Waals surface area contributed by atoms with Crippen LogP contribution in [0.2, 0.25) is 0 Å². The summed E-state index contributed by atoms with van der Waals surface area (Å²) < 4.78 is 0. The first-order chi connectivity index (χ1) is 6.61. The van der Waals surface area contributed by atoms with E-state index in [9.17, 15) is 9.59 Å². The van der Waals surface area contributed by atoms with Crippen LogP contribution in [0.25, 0.3) is 0 Å². The molecule has 0 aromatic heterocycles. The van der Waals surface area contributed by atoms with Crippen LogP contribution in [-0.2, 0) is 0 Å². The van der Waals surface area contributed by atoms with Gasteiger partial charge in [-0.3, -0.25) is 0 Å². The molecule has 0 aromatic rings. The Morgan fingerprint density at radius 3 is 2.50 bits per heavy atom. The Hall–Kier alpha value is -1.46. The number of piperidine rings is 1. The van der Waals surface area contributed by atoms with Crippen molar-refractivity contribution < 1.29 is 14.7 Å². The predicted octanol–water partition coefficient (Wildman–Crippen LogP) is -0.188. The van der Waals surface area contributed by atoms with Crippen LogP contribution in [0.3, 0.4) is 0 Å². The number of likely N-dealkylation sites (tertiary alicyclic amines) is 1. The van der Waals surface area contributed by atoms with E-state index in [4.69, 9.17) is 5.11 Å². The number of carbonyl (C=O) groups is 2. The lowest BCUT2D eigenvalue weighted by molar-refractivity contribution is 0.116. The van der Waals surface area contributed by atoms with Crippen molar-refractivity contribution in [3.05, 3.63) is 0 Å². The minimum atomic E-state index is -0.878. The summed E-state index contributed by atoms with van der Waals surface area (Å²) in [4.78, 5) is 23.0. The summed E-state index contributed by atoms with van der Waals surface area (Å²) >= 11 is 0. The van der Waals surface area contributed by atoms with E-state index in [0.29, 0.717) is 32.5 Å². The number of amides is 3. The largest absolute Gasteiger partial charge is 0.465 e. The Morgan fingerprint density at radius 1 is 1.43 bits per heavy atom. The molecular weight excluding hydrogens is 186 g/mol. The fraction of sp³-hybridized carbons (Fsp3) is 0.750. The SMILES string of the molecule is O=C1NCC2(CCN(C(=O)O)CC2)N1. The van der Waals surface area contributed by atoms with Crippen LogP contribution in [0.15, 0.2) is 0 Å². The molecule has 78 valence electrons. The Morgan fingerprint density at radius 2 is 2.07 bits per heavy atom. The van der Waals surface area contributed by atoms with E-state index in [-0.39, 0.29) is 11.6 Å². The molecule has 0 aromatic carbocycles. The summed E-state index contributed by atoms with van der Waals surface area (Å²) in [6.45, 7) is 1.61. The van der Waals surface area contributed by atoms with Gasteiger partial charge in [0, 0.05) is 19.6 Å².